The summed E-state index contributed by atoms with van der Waals surface area (Å²) < 4.78 is 6.69. The summed E-state index contributed by atoms with van der Waals surface area (Å²) in [7, 11) is 0. The molecule has 4 heteroatoms. The van der Waals surface area contributed by atoms with E-state index in [1.165, 1.54) is 6.42 Å². The van der Waals surface area contributed by atoms with Crippen LogP contribution in [0.3, 0.4) is 0 Å². The van der Waals surface area contributed by atoms with Gasteiger partial charge in [-0.2, -0.15) is 0 Å². The molecule has 1 saturated heterocycles. The third-order valence-electron chi connectivity index (χ3n) is 2.24. The van der Waals surface area contributed by atoms with Crippen LogP contribution in [-0.2, 0) is 0 Å². The molecule has 2 heterocycles. The lowest BCUT2D eigenvalue weighted by Gasteiger charge is -2.23. The van der Waals surface area contributed by atoms with Crippen molar-refractivity contribution in [1.29, 1.82) is 0 Å². The predicted octanol–water partition coefficient (Wildman–Crippen LogP) is 1.97. The number of hydrogen-bond acceptors (Lipinski definition) is 3. The Kier molecular flexibility index (Phi) is 3.37. The number of nitrogens with zero attached hydrogens (tertiary/aromatic N) is 1. The fourth-order valence-corrected chi connectivity index (χ4v) is 1.76. The second kappa shape index (κ2) is 4.75. The molecule has 0 bridgehead atoms. The van der Waals surface area contributed by atoms with E-state index in [-0.39, 0.29) is 6.10 Å². The van der Waals surface area contributed by atoms with E-state index in [1.807, 2.05) is 12.1 Å². The number of rotatable bonds is 2. The van der Waals surface area contributed by atoms with E-state index in [2.05, 4.69) is 26.2 Å². The van der Waals surface area contributed by atoms with Gasteiger partial charge in [-0.15, -0.1) is 0 Å². The van der Waals surface area contributed by atoms with Crippen LogP contribution in [-0.4, -0.2) is 24.2 Å². The van der Waals surface area contributed by atoms with Crippen molar-refractivity contribution in [2.24, 2.45) is 0 Å². The molecule has 0 radical (unpaired) electrons. The van der Waals surface area contributed by atoms with E-state index in [1.54, 1.807) is 6.20 Å². The molecule has 1 aliphatic rings. The minimum absolute atomic E-state index is 0.275. The van der Waals surface area contributed by atoms with Gasteiger partial charge >= 0.3 is 0 Å². The van der Waals surface area contributed by atoms with Gasteiger partial charge in [0.05, 0.1) is 0 Å². The average molecular weight is 257 g/mol. The monoisotopic (exact) mass is 256 g/mol. The molecule has 1 unspecified atom stereocenters. The summed E-state index contributed by atoms with van der Waals surface area (Å²) in [5.74, 6) is 0.710. The van der Waals surface area contributed by atoms with Crippen LogP contribution in [0.25, 0.3) is 0 Å². The summed E-state index contributed by atoms with van der Waals surface area (Å²) in [6.45, 7) is 2.03. The van der Waals surface area contributed by atoms with Crippen LogP contribution in [0.2, 0.25) is 0 Å². The SMILES string of the molecule is Brc1ccc(OC2CCCNC2)nc1. The standard InChI is InChI=1S/C10H13BrN2O/c11-8-3-4-10(13-6-8)14-9-2-1-5-12-7-9/h3-4,6,9,12H,1-2,5,7H2. The summed E-state index contributed by atoms with van der Waals surface area (Å²) in [4.78, 5) is 4.18. The number of ether oxygens (including phenoxy) is 1. The summed E-state index contributed by atoms with van der Waals surface area (Å²) in [5.41, 5.74) is 0. The highest BCUT2D eigenvalue weighted by molar-refractivity contribution is 9.10. The van der Waals surface area contributed by atoms with Gasteiger partial charge in [0.1, 0.15) is 6.10 Å². The maximum Gasteiger partial charge on any atom is 0.213 e. The first kappa shape index (κ1) is 9.93. The molecule has 1 aromatic rings. The van der Waals surface area contributed by atoms with Gasteiger partial charge in [0, 0.05) is 23.3 Å². The third kappa shape index (κ3) is 2.69. The highest BCUT2D eigenvalue weighted by atomic mass is 79.9. The molecule has 1 N–H and O–H groups in total. The number of halogens is 1. The van der Waals surface area contributed by atoms with Crippen molar-refractivity contribution >= 4 is 15.9 Å². The summed E-state index contributed by atoms with van der Waals surface area (Å²) in [5, 5.41) is 3.30. The number of aromatic nitrogens is 1. The molecule has 0 amide bonds. The van der Waals surface area contributed by atoms with E-state index >= 15 is 0 Å². The van der Waals surface area contributed by atoms with Gasteiger partial charge < -0.3 is 10.1 Å². The Bertz CT molecular complexity index is 283. The molecular weight excluding hydrogens is 244 g/mol. The van der Waals surface area contributed by atoms with E-state index in [0.717, 1.165) is 24.0 Å². The normalized spacial score (nSPS) is 21.9. The third-order valence-corrected chi connectivity index (χ3v) is 2.71. The molecule has 3 nitrogen and oxygen atoms in total. The maximum atomic E-state index is 5.72. The van der Waals surface area contributed by atoms with E-state index in [4.69, 9.17) is 4.74 Å². The minimum Gasteiger partial charge on any atom is -0.473 e. The second-order valence-electron chi connectivity index (χ2n) is 3.40. The molecule has 0 aliphatic carbocycles. The average Bonchev–Trinajstić information content (AvgIpc) is 2.23. The number of nitrogens with one attached hydrogen (secondary N) is 1. The Morgan fingerprint density at radius 1 is 1.50 bits per heavy atom. The van der Waals surface area contributed by atoms with Gasteiger partial charge in [-0.25, -0.2) is 4.98 Å². The van der Waals surface area contributed by atoms with Crippen molar-refractivity contribution in [3.8, 4) is 5.88 Å². The molecule has 0 aromatic carbocycles. The Balaban J connectivity index is 1.92. The fourth-order valence-electron chi connectivity index (χ4n) is 1.52. The first-order valence-electron chi connectivity index (χ1n) is 4.83. The van der Waals surface area contributed by atoms with Crippen LogP contribution < -0.4 is 10.1 Å². The zero-order chi connectivity index (χ0) is 9.80. The van der Waals surface area contributed by atoms with Crippen LogP contribution in [0.1, 0.15) is 12.8 Å². The van der Waals surface area contributed by atoms with E-state index in [0.29, 0.717) is 5.88 Å². The molecular formula is C10H13BrN2O. The molecule has 1 aliphatic heterocycles. The van der Waals surface area contributed by atoms with Crippen LogP contribution in [0.15, 0.2) is 22.8 Å². The number of piperidine rings is 1. The zero-order valence-corrected chi connectivity index (χ0v) is 9.46. The molecule has 76 valence electrons. The molecule has 1 atom stereocenters. The van der Waals surface area contributed by atoms with Gasteiger partial charge in [-0.3, -0.25) is 0 Å². The topological polar surface area (TPSA) is 34.1 Å². The van der Waals surface area contributed by atoms with Gasteiger partial charge in [-0.1, -0.05) is 0 Å². The first-order valence-corrected chi connectivity index (χ1v) is 5.63. The molecule has 1 fully saturated rings. The van der Waals surface area contributed by atoms with Crippen molar-refractivity contribution in [2.75, 3.05) is 13.1 Å². The van der Waals surface area contributed by atoms with E-state index in [9.17, 15) is 0 Å². The highest BCUT2D eigenvalue weighted by Gasteiger charge is 2.14. The van der Waals surface area contributed by atoms with Gasteiger partial charge in [0.15, 0.2) is 0 Å². The fraction of sp³-hybridized carbons (Fsp3) is 0.500. The van der Waals surface area contributed by atoms with E-state index < -0.39 is 0 Å². The Morgan fingerprint density at radius 2 is 2.43 bits per heavy atom. The van der Waals surface area contributed by atoms with Crippen molar-refractivity contribution in [3.63, 3.8) is 0 Å². The largest absolute Gasteiger partial charge is 0.473 e. The van der Waals surface area contributed by atoms with Crippen LogP contribution in [0.4, 0.5) is 0 Å². The van der Waals surface area contributed by atoms with Crippen molar-refractivity contribution in [3.05, 3.63) is 22.8 Å². The molecule has 14 heavy (non-hydrogen) atoms. The van der Waals surface area contributed by atoms with Crippen molar-refractivity contribution in [2.45, 2.75) is 18.9 Å². The van der Waals surface area contributed by atoms with Crippen molar-refractivity contribution < 1.29 is 4.74 Å². The summed E-state index contributed by atoms with van der Waals surface area (Å²) >= 11 is 3.34. The Labute approximate surface area is 92.0 Å². The molecule has 0 saturated carbocycles. The van der Waals surface area contributed by atoms with Crippen LogP contribution >= 0.6 is 15.9 Å². The van der Waals surface area contributed by atoms with Gasteiger partial charge in [-0.05, 0) is 41.4 Å². The predicted molar refractivity (Wildman–Crippen MR) is 58.5 cm³/mol. The molecule has 2 rings (SSSR count). The quantitative estimate of drug-likeness (QED) is 0.879. The lowest BCUT2D eigenvalue weighted by Crippen LogP contribution is -2.37. The lowest BCUT2D eigenvalue weighted by atomic mass is 10.1. The van der Waals surface area contributed by atoms with Crippen LogP contribution in [0, 0.1) is 0 Å². The number of pyridine rings is 1. The molecule has 1 aromatic heterocycles. The lowest BCUT2D eigenvalue weighted by molar-refractivity contribution is 0.160. The van der Waals surface area contributed by atoms with Crippen molar-refractivity contribution in [1.82, 2.24) is 10.3 Å². The first-order chi connectivity index (χ1) is 6.84. The Hall–Kier alpha value is -0.610. The number of hydrogen-bond donors (Lipinski definition) is 1. The second-order valence-corrected chi connectivity index (χ2v) is 4.32. The smallest absolute Gasteiger partial charge is 0.213 e. The zero-order valence-electron chi connectivity index (χ0n) is 7.87. The Morgan fingerprint density at radius 3 is 3.07 bits per heavy atom. The van der Waals surface area contributed by atoms with Gasteiger partial charge in [0.2, 0.25) is 5.88 Å². The maximum absolute atomic E-state index is 5.72. The summed E-state index contributed by atoms with van der Waals surface area (Å²) in [6.07, 6.45) is 4.33. The van der Waals surface area contributed by atoms with Gasteiger partial charge in [0.25, 0.3) is 0 Å². The minimum atomic E-state index is 0.275. The van der Waals surface area contributed by atoms with Crippen LogP contribution in [0.5, 0.6) is 5.88 Å². The highest BCUT2D eigenvalue weighted by Crippen LogP contribution is 2.15. The summed E-state index contributed by atoms with van der Waals surface area (Å²) in [6, 6.07) is 3.83. The molecule has 0 spiro atoms.